The number of nitrogens with zero attached hydrogens (tertiary/aromatic N) is 4. The number of hydrogen-bond acceptors (Lipinski definition) is 6. The molecule has 0 aromatic carbocycles. The van der Waals surface area contributed by atoms with Crippen LogP contribution >= 0.6 is 0 Å². The summed E-state index contributed by atoms with van der Waals surface area (Å²) in [4.78, 5) is 35.2. The lowest BCUT2D eigenvalue weighted by Gasteiger charge is -2.41. The van der Waals surface area contributed by atoms with E-state index in [-0.39, 0.29) is 34.1 Å². The summed E-state index contributed by atoms with van der Waals surface area (Å²) in [5.74, 6) is 0.0747. The Morgan fingerprint density at radius 3 is 2.72 bits per heavy atom. The highest BCUT2D eigenvalue weighted by Gasteiger charge is 2.64. The molecule has 4 fully saturated rings. The molecule has 0 unspecified atom stereocenters. The molecule has 2 saturated carbocycles. The molecule has 7 rings (SSSR count). The summed E-state index contributed by atoms with van der Waals surface area (Å²) in [5.41, 5.74) is -0.0210. The smallest absolute Gasteiger partial charge is 0.274 e. The van der Waals surface area contributed by atoms with E-state index in [1.165, 1.54) is 0 Å². The lowest BCUT2D eigenvalue weighted by atomic mass is 9.61. The number of imidazole rings is 1. The molecule has 2 aliphatic heterocycles. The first kappa shape index (κ1) is 24.4. The number of amides is 1. The molecule has 0 spiro atoms. The monoisotopic (exact) mass is 497 g/mol. The van der Waals surface area contributed by atoms with Gasteiger partial charge in [0.25, 0.3) is 11.5 Å². The van der Waals surface area contributed by atoms with Gasteiger partial charge in [-0.1, -0.05) is 20.8 Å². The molecule has 2 bridgehead atoms. The maximum Gasteiger partial charge on any atom is 0.274 e. The van der Waals surface area contributed by atoms with E-state index in [1.807, 2.05) is 27.0 Å². The number of ether oxygens (including phenoxy) is 2. The number of halogens is 1. The minimum atomic E-state index is -0.674. The van der Waals surface area contributed by atoms with Crippen LogP contribution in [-0.4, -0.2) is 50.3 Å². The second kappa shape index (κ2) is 9.31. The van der Waals surface area contributed by atoms with Gasteiger partial charge >= 0.3 is 0 Å². The van der Waals surface area contributed by atoms with Gasteiger partial charge in [-0.05, 0) is 44.2 Å². The molecular weight excluding hydrogens is 465 g/mol. The Morgan fingerprint density at radius 1 is 1.28 bits per heavy atom. The number of rotatable bonds is 8. The molecule has 2 saturated heterocycles. The van der Waals surface area contributed by atoms with Crippen molar-refractivity contribution in [3.8, 4) is 5.88 Å². The molecule has 0 radical (unpaired) electrons. The number of hydrogen-bond donors (Lipinski definition) is 1. The van der Waals surface area contributed by atoms with E-state index < -0.39 is 18.2 Å². The van der Waals surface area contributed by atoms with Crippen LogP contribution in [0.1, 0.15) is 75.0 Å². The number of nitrogens with one attached hydrogen (secondary N) is 1. The van der Waals surface area contributed by atoms with Crippen LogP contribution in [0.5, 0.6) is 5.88 Å². The van der Waals surface area contributed by atoms with Crippen molar-refractivity contribution < 1.29 is 18.7 Å². The topological polar surface area (TPSA) is 99.8 Å². The van der Waals surface area contributed by atoms with Crippen molar-refractivity contribution >= 4 is 17.4 Å². The van der Waals surface area contributed by atoms with Gasteiger partial charge in [-0.3, -0.25) is 14.0 Å². The molecule has 5 heterocycles. The Kier molecular flexibility index (Phi) is 6.32. The summed E-state index contributed by atoms with van der Waals surface area (Å²) in [7, 11) is 0. The largest absolute Gasteiger partial charge is 0.477 e. The van der Waals surface area contributed by atoms with Gasteiger partial charge < -0.3 is 19.4 Å². The predicted molar refractivity (Wildman–Crippen MR) is 133 cm³/mol. The summed E-state index contributed by atoms with van der Waals surface area (Å²) in [6.45, 7) is 6.27. The van der Waals surface area contributed by atoms with E-state index >= 15 is 0 Å². The van der Waals surface area contributed by atoms with E-state index in [1.54, 1.807) is 33.5 Å². The third kappa shape index (κ3) is 4.07. The third-order valence-corrected chi connectivity index (χ3v) is 7.03. The average Bonchev–Trinajstić information content (AvgIpc) is 3.36. The van der Waals surface area contributed by atoms with E-state index in [0.29, 0.717) is 31.8 Å². The summed E-state index contributed by atoms with van der Waals surface area (Å²) >= 11 is 0. The maximum atomic E-state index is 13.4. The van der Waals surface area contributed by atoms with Crippen LogP contribution in [0, 0.1) is 0 Å². The second-order valence-corrected chi connectivity index (χ2v) is 9.70. The number of carbonyl (C=O) groups excluding carboxylic acids is 1. The zero-order valence-electron chi connectivity index (χ0n) is 20.9. The molecule has 1 N–H and O–H groups in total. The summed E-state index contributed by atoms with van der Waals surface area (Å²) in [6, 6.07) is 3.56. The molecule has 9 nitrogen and oxygen atoms in total. The Bertz CT molecular complexity index is 1340. The Morgan fingerprint density at radius 2 is 2.06 bits per heavy atom. The van der Waals surface area contributed by atoms with Gasteiger partial charge in [-0.25, -0.2) is 9.37 Å². The first-order chi connectivity index (χ1) is 17.5. The zero-order chi connectivity index (χ0) is 25.5. The standard InChI is InChI=1S/C24H26FN5O4.C2H6/c1-2-8-33-20-16(19(31)26-17-4-3-7-30(21(17)32)15-5-6-15)9-29-10-18(27-22(29)28-20)23-11-24(12-23,13-25)34-14-23;1-2/h3-4,7,9-10,15H,2,5-6,8,11-14H2,1H3,(H,26,31);1-2H3. The Labute approximate surface area is 208 Å². The van der Waals surface area contributed by atoms with Gasteiger partial charge in [0, 0.05) is 30.0 Å². The van der Waals surface area contributed by atoms with Crippen molar-refractivity contribution in [3.63, 3.8) is 0 Å². The summed E-state index contributed by atoms with van der Waals surface area (Å²) in [5, 5.41) is 2.73. The number of aromatic nitrogens is 4. The van der Waals surface area contributed by atoms with Crippen LogP contribution in [-0.2, 0) is 10.2 Å². The third-order valence-electron chi connectivity index (χ3n) is 7.03. The molecule has 36 heavy (non-hydrogen) atoms. The molecule has 0 atom stereocenters. The van der Waals surface area contributed by atoms with Gasteiger partial charge in [0.1, 0.15) is 17.9 Å². The van der Waals surface area contributed by atoms with Gasteiger partial charge in [-0.15, -0.1) is 0 Å². The SMILES string of the molecule is CC.CCCOc1nc2nc(C34COC(CF)(C3)C4)cn2cc1C(=O)Nc1cccn(C2CC2)c1=O. The van der Waals surface area contributed by atoms with Crippen LogP contribution in [0.4, 0.5) is 10.1 Å². The minimum Gasteiger partial charge on any atom is -0.477 e. The fraction of sp³-hybridized carbons (Fsp3) is 0.538. The van der Waals surface area contributed by atoms with Crippen LogP contribution in [0.15, 0.2) is 35.5 Å². The first-order valence-electron chi connectivity index (χ1n) is 12.7. The predicted octanol–water partition coefficient (Wildman–Crippen LogP) is 4.06. The number of anilines is 1. The molecule has 3 aromatic rings. The molecule has 3 aromatic heterocycles. The van der Waals surface area contributed by atoms with Crippen LogP contribution in [0.2, 0.25) is 0 Å². The molecule has 1 amide bonds. The van der Waals surface area contributed by atoms with Gasteiger partial charge in [-0.2, -0.15) is 4.98 Å². The molecule has 4 aliphatic rings. The summed E-state index contributed by atoms with van der Waals surface area (Å²) in [6.07, 6.45) is 9.05. The minimum absolute atomic E-state index is 0.161. The molecule has 10 heteroatoms. The molecular formula is C26H32FN5O4. The fourth-order valence-corrected chi connectivity index (χ4v) is 5.13. The van der Waals surface area contributed by atoms with Gasteiger partial charge in [0.05, 0.1) is 24.5 Å². The molecule has 2 aliphatic carbocycles. The van der Waals surface area contributed by atoms with Crippen LogP contribution < -0.4 is 15.6 Å². The average molecular weight is 498 g/mol. The highest BCUT2D eigenvalue weighted by Crippen LogP contribution is 2.58. The summed E-state index contributed by atoms with van der Waals surface area (Å²) < 4.78 is 28.2. The quantitative estimate of drug-likeness (QED) is 0.504. The number of fused-ring (bicyclic) bond motifs is 2. The van der Waals surface area contributed by atoms with E-state index in [9.17, 15) is 14.0 Å². The first-order valence-corrected chi connectivity index (χ1v) is 12.7. The zero-order valence-corrected chi connectivity index (χ0v) is 20.9. The van der Waals surface area contributed by atoms with Crippen molar-refractivity contribution in [3.05, 3.63) is 52.3 Å². The Balaban J connectivity index is 0.00000130. The van der Waals surface area contributed by atoms with Crippen molar-refractivity contribution in [1.82, 2.24) is 18.9 Å². The highest BCUT2D eigenvalue weighted by molar-refractivity contribution is 6.05. The van der Waals surface area contributed by atoms with Crippen LogP contribution in [0.3, 0.4) is 0 Å². The lowest BCUT2D eigenvalue weighted by molar-refractivity contribution is -0.0235. The van der Waals surface area contributed by atoms with Crippen molar-refractivity contribution in [2.75, 3.05) is 25.2 Å². The van der Waals surface area contributed by atoms with Gasteiger partial charge in [0.2, 0.25) is 11.7 Å². The number of carbonyl (C=O) groups is 1. The molecule has 192 valence electrons. The fourth-order valence-electron chi connectivity index (χ4n) is 5.13. The lowest BCUT2D eigenvalue weighted by Crippen LogP contribution is -2.48. The normalized spacial score (nSPS) is 24.1. The number of alkyl halides is 1. The highest BCUT2D eigenvalue weighted by atomic mass is 19.1. The van der Waals surface area contributed by atoms with Crippen molar-refractivity contribution in [2.24, 2.45) is 0 Å². The van der Waals surface area contributed by atoms with Gasteiger partial charge in [0.15, 0.2) is 0 Å². The van der Waals surface area contributed by atoms with E-state index in [2.05, 4.69) is 15.3 Å². The van der Waals surface area contributed by atoms with Crippen LogP contribution in [0.25, 0.3) is 5.78 Å². The number of pyridine rings is 1. The van der Waals surface area contributed by atoms with E-state index in [0.717, 1.165) is 25.0 Å². The second-order valence-electron chi connectivity index (χ2n) is 9.70. The Hall–Kier alpha value is -3.27. The van der Waals surface area contributed by atoms with Crippen molar-refractivity contribution in [2.45, 2.75) is 69.9 Å². The van der Waals surface area contributed by atoms with E-state index in [4.69, 9.17) is 9.47 Å². The maximum absolute atomic E-state index is 13.4. The van der Waals surface area contributed by atoms with Crippen molar-refractivity contribution in [1.29, 1.82) is 0 Å².